The van der Waals surface area contributed by atoms with Gasteiger partial charge in [0.15, 0.2) is 5.78 Å². The molecule has 0 radical (unpaired) electrons. The van der Waals surface area contributed by atoms with Crippen LogP contribution in [0.1, 0.15) is 28.5 Å². The van der Waals surface area contributed by atoms with E-state index in [0.717, 1.165) is 17.2 Å². The molecule has 2 aromatic carbocycles. The van der Waals surface area contributed by atoms with Crippen molar-refractivity contribution in [1.29, 1.82) is 5.26 Å². The lowest BCUT2D eigenvalue weighted by atomic mass is 9.71. The molecule has 0 N–H and O–H groups in total. The van der Waals surface area contributed by atoms with Crippen LogP contribution >= 0.6 is 0 Å². The Labute approximate surface area is 120 Å². The first-order chi connectivity index (χ1) is 10.1. The van der Waals surface area contributed by atoms with Gasteiger partial charge in [-0.15, -0.1) is 0 Å². The minimum absolute atomic E-state index is 0.0618. The van der Waals surface area contributed by atoms with Crippen LogP contribution in [0.4, 0.5) is 8.78 Å². The maximum absolute atomic E-state index is 13.8. The Balaban J connectivity index is 1.92. The Morgan fingerprint density at radius 3 is 2.67 bits per heavy atom. The van der Waals surface area contributed by atoms with Crippen molar-refractivity contribution in [3.63, 3.8) is 0 Å². The van der Waals surface area contributed by atoms with Gasteiger partial charge in [0.05, 0.1) is 6.07 Å². The van der Waals surface area contributed by atoms with Gasteiger partial charge in [0.25, 0.3) is 0 Å². The molecule has 0 amide bonds. The number of Topliss-reactive ketones (excluding diaryl/α,β-unsaturated/α-hetero) is 1. The van der Waals surface area contributed by atoms with Gasteiger partial charge < -0.3 is 0 Å². The zero-order valence-electron chi connectivity index (χ0n) is 11.0. The van der Waals surface area contributed by atoms with Crippen LogP contribution in [0.2, 0.25) is 0 Å². The highest BCUT2D eigenvalue weighted by molar-refractivity contribution is 5.96. The van der Waals surface area contributed by atoms with Crippen LogP contribution in [0.15, 0.2) is 42.5 Å². The van der Waals surface area contributed by atoms with Crippen molar-refractivity contribution in [1.82, 2.24) is 0 Å². The quantitative estimate of drug-likeness (QED) is 0.865. The average Bonchev–Trinajstić information content (AvgIpc) is 2.43. The normalized spacial score (nSPS) is 17.3. The SMILES string of the molecule is N#CC(C(=O)C1Cc2ccccc21)c1ccc(F)cc1F. The Morgan fingerprint density at radius 2 is 2.00 bits per heavy atom. The van der Waals surface area contributed by atoms with E-state index in [1.54, 1.807) is 0 Å². The number of carbonyl (C=O) groups is 1. The lowest BCUT2D eigenvalue weighted by Gasteiger charge is -2.30. The molecule has 0 saturated heterocycles. The van der Waals surface area contributed by atoms with Crippen molar-refractivity contribution in [3.05, 3.63) is 70.8 Å². The number of nitrogens with zero attached hydrogens (tertiary/aromatic N) is 1. The number of carbonyl (C=O) groups excluding carboxylic acids is 1. The smallest absolute Gasteiger partial charge is 0.162 e. The topological polar surface area (TPSA) is 40.9 Å². The fourth-order valence-corrected chi connectivity index (χ4v) is 2.74. The largest absolute Gasteiger partial charge is 0.297 e. The van der Waals surface area contributed by atoms with Crippen molar-refractivity contribution >= 4 is 5.78 Å². The van der Waals surface area contributed by atoms with Crippen molar-refractivity contribution in [2.24, 2.45) is 0 Å². The molecule has 0 aliphatic heterocycles. The van der Waals surface area contributed by atoms with Crippen LogP contribution in [0.5, 0.6) is 0 Å². The first-order valence-corrected chi connectivity index (χ1v) is 6.58. The summed E-state index contributed by atoms with van der Waals surface area (Å²) in [7, 11) is 0. The molecule has 0 spiro atoms. The maximum atomic E-state index is 13.8. The van der Waals surface area contributed by atoms with Gasteiger partial charge in [-0.1, -0.05) is 30.3 Å². The van der Waals surface area contributed by atoms with E-state index < -0.39 is 17.6 Å². The molecule has 2 nitrogen and oxygen atoms in total. The third-order valence-corrected chi connectivity index (χ3v) is 3.89. The number of halogens is 2. The number of rotatable bonds is 3. The average molecular weight is 283 g/mol. The fourth-order valence-electron chi connectivity index (χ4n) is 2.74. The second kappa shape index (κ2) is 5.10. The van der Waals surface area contributed by atoms with Crippen LogP contribution in [0.3, 0.4) is 0 Å². The minimum Gasteiger partial charge on any atom is -0.297 e. The van der Waals surface area contributed by atoms with Gasteiger partial charge in [-0.25, -0.2) is 8.78 Å². The highest BCUT2D eigenvalue weighted by Crippen LogP contribution is 2.39. The van der Waals surface area contributed by atoms with Gasteiger partial charge in [0.2, 0.25) is 0 Å². The summed E-state index contributed by atoms with van der Waals surface area (Å²) >= 11 is 0. The summed E-state index contributed by atoms with van der Waals surface area (Å²) in [5, 5.41) is 9.23. The summed E-state index contributed by atoms with van der Waals surface area (Å²) in [4.78, 5) is 12.5. The molecule has 0 bridgehead atoms. The van der Waals surface area contributed by atoms with Gasteiger partial charge in [-0.2, -0.15) is 5.26 Å². The van der Waals surface area contributed by atoms with Crippen LogP contribution in [-0.2, 0) is 11.2 Å². The molecule has 4 heteroatoms. The first kappa shape index (κ1) is 13.4. The van der Waals surface area contributed by atoms with Crippen LogP contribution < -0.4 is 0 Å². The second-order valence-corrected chi connectivity index (χ2v) is 5.09. The molecular weight excluding hydrogens is 272 g/mol. The predicted octanol–water partition coefficient (Wildman–Crippen LogP) is 3.48. The van der Waals surface area contributed by atoms with E-state index >= 15 is 0 Å². The molecule has 2 aromatic rings. The molecule has 0 heterocycles. The van der Waals surface area contributed by atoms with Crippen LogP contribution in [0.25, 0.3) is 0 Å². The summed E-state index contributed by atoms with van der Waals surface area (Å²) in [5.41, 5.74) is 1.91. The van der Waals surface area contributed by atoms with E-state index in [2.05, 4.69) is 0 Å². The third kappa shape index (κ3) is 2.21. The van der Waals surface area contributed by atoms with E-state index in [-0.39, 0.29) is 17.3 Å². The lowest BCUT2D eigenvalue weighted by molar-refractivity contribution is -0.121. The first-order valence-electron chi connectivity index (χ1n) is 6.58. The number of nitriles is 1. The highest BCUT2D eigenvalue weighted by atomic mass is 19.1. The van der Waals surface area contributed by atoms with Crippen LogP contribution in [0, 0.1) is 23.0 Å². The molecule has 104 valence electrons. The molecule has 0 saturated carbocycles. The van der Waals surface area contributed by atoms with E-state index in [1.165, 1.54) is 6.07 Å². The predicted molar refractivity (Wildman–Crippen MR) is 72.6 cm³/mol. The summed E-state index contributed by atoms with van der Waals surface area (Å²) < 4.78 is 26.7. The molecule has 2 unspecified atom stereocenters. The summed E-state index contributed by atoms with van der Waals surface area (Å²) in [5.74, 6) is -3.50. The van der Waals surface area contributed by atoms with Crippen molar-refractivity contribution in [3.8, 4) is 6.07 Å². The monoisotopic (exact) mass is 283 g/mol. The van der Waals surface area contributed by atoms with Gasteiger partial charge >= 0.3 is 0 Å². The summed E-state index contributed by atoms with van der Waals surface area (Å²) in [6, 6.07) is 12.3. The minimum atomic E-state index is -1.20. The van der Waals surface area contributed by atoms with Gasteiger partial charge in [-0.3, -0.25) is 4.79 Å². The van der Waals surface area contributed by atoms with E-state index in [0.29, 0.717) is 12.5 Å². The number of hydrogen-bond acceptors (Lipinski definition) is 2. The van der Waals surface area contributed by atoms with Gasteiger partial charge in [-0.05, 0) is 23.6 Å². The Kier molecular flexibility index (Phi) is 3.26. The molecule has 3 rings (SSSR count). The number of hydrogen-bond donors (Lipinski definition) is 0. The third-order valence-electron chi connectivity index (χ3n) is 3.89. The Bertz CT molecular complexity index is 764. The molecule has 1 aliphatic carbocycles. The molecule has 0 fully saturated rings. The van der Waals surface area contributed by atoms with E-state index in [1.807, 2.05) is 30.3 Å². The number of fused-ring (bicyclic) bond motifs is 1. The van der Waals surface area contributed by atoms with E-state index in [9.17, 15) is 18.8 Å². The van der Waals surface area contributed by atoms with Crippen molar-refractivity contribution in [2.75, 3.05) is 0 Å². The van der Waals surface area contributed by atoms with E-state index in [4.69, 9.17) is 0 Å². The maximum Gasteiger partial charge on any atom is 0.162 e. The van der Waals surface area contributed by atoms with Crippen LogP contribution in [-0.4, -0.2) is 5.78 Å². The summed E-state index contributed by atoms with van der Waals surface area (Å²) in [6.07, 6.45) is 0.565. The molecule has 21 heavy (non-hydrogen) atoms. The fraction of sp³-hybridized carbons (Fsp3) is 0.176. The molecule has 0 aromatic heterocycles. The molecule has 2 atom stereocenters. The van der Waals surface area contributed by atoms with Gasteiger partial charge in [0.1, 0.15) is 17.6 Å². The zero-order chi connectivity index (χ0) is 15.0. The lowest BCUT2D eigenvalue weighted by Crippen LogP contribution is -2.29. The second-order valence-electron chi connectivity index (χ2n) is 5.09. The summed E-state index contributed by atoms with van der Waals surface area (Å²) in [6.45, 7) is 0. The number of benzene rings is 2. The highest BCUT2D eigenvalue weighted by Gasteiger charge is 2.37. The standard InChI is InChI=1S/C17H11F2NO/c18-11-5-6-13(16(19)8-11)15(9-20)17(21)14-7-10-3-1-2-4-12(10)14/h1-6,8,14-15H,7H2. The van der Waals surface area contributed by atoms with Gasteiger partial charge in [0, 0.05) is 17.5 Å². The Hall–Kier alpha value is -2.54. The zero-order valence-corrected chi connectivity index (χ0v) is 11.0. The van der Waals surface area contributed by atoms with Crippen molar-refractivity contribution < 1.29 is 13.6 Å². The molecule has 1 aliphatic rings. The number of ketones is 1. The molecular formula is C17H11F2NO. The van der Waals surface area contributed by atoms with Crippen molar-refractivity contribution in [2.45, 2.75) is 18.3 Å². The Morgan fingerprint density at radius 1 is 1.24 bits per heavy atom.